The molecule has 2 rings (SSSR count). The first-order chi connectivity index (χ1) is 5.67. The van der Waals surface area contributed by atoms with E-state index < -0.39 is 6.10 Å². The number of nitrogens with zero attached hydrogens (tertiary/aromatic N) is 1. The van der Waals surface area contributed by atoms with Crippen LogP contribution in [0.1, 0.15) is 33.1 Å². The van der Waals surface area contributed by atoms with Crippen LogP contribution in [-0.4, -0.2) is 22.5 Å². The predicted octanol–water partition coefficient (Wildman–Crippen LogP) is 1.31. The van der Waals surface area contributed by atoms with Gasteiger partial charge in [0.05, 0.1) is 11.8 Å². The van der Waals surface area contributed by atoms with Crippen LogP contribution in [0.15, 0.2) is 5.16 Å². The van der Waals surface area contributed by atoms with E-state index in [1.165, 1.54) is 0 Å². The molecule has 0 spiro atoms. The van der Waals surface area contributed by atoms with E-state index in [9.17, 15) is 5.11 Å². The smallest absolute Gasteiger partial charge is 0.171 e. The molecule has 68 valence electrons. The highest BCUT2D eigenvalue weighted by Crippen LogP contribution is 2.45. The molecule has 1 aliphatic carbocycles. The number of aliphatic hydroxyl groups excluding tert-OH is 1. The molecule has 0 bridgehead atoms. The summed E-state index contributed by atoms with van der Waals surface area (Å²) in [5.41, 5.74) is 0.678. The summed E-state index contributed by atoms with van der Waals surface area (Å²) in [7, 11) is 0. The zero-order valence-electron chi connectivity index (χ0n) is 7.58. The Bertz CT molecular complexity index is 225. The largest absolute Gasteiger partial charge is 0.389 e. The first-order valence-electron chi connectivity index (χ1n) is 4.57. The molecule has 0 aromatic carbocycles. The van der Waals surface area contributed by atoms with Crippen LogP contribution in [0.4, 0.5) is 0 Å². The molecule has 1 fully saturated rings. The normalized spacial score (nSPS) is 41.9. The molecule has 0 aromatic rings. The van der Waals surface area contributed by atoms with Gasteiger partial charge in [0.2, 0.25) is 0 Å². The number of hydrogen-bond donors (Lipinski definition) is 1. The average molecular weight is 169 g/mol. The molecule has 0 radical (unpaired) electrons. The molecule has 1 heterocycles. The molecule has 0 aromatic heterocycles. The van der Waals surface area contributed by atoms with Gasteiger partial charge in [0, 0.05) is 5.92 Å². The van der Waals surface area contributed by atoms with Crippen molar-refractivity contribution in [1.82, 2.24) is 0 Å². The van der Waals surface area contributed by atoms with Crippen LogP contribution in [0, 0.1) is 5.92 Å². The van der Waals surface area contributed by atoms with E-state index in [1.54, 1.807) is 6.92 Å². The Hall–Kier alpha value is -0.570. The van der Waals surface area contributed by atoms with Crippen LogP contribution in [0.3, 0.4) is 0 Å². The molecular formula is C9H15NO2. The molecule has 3 nitrogen and oxygen atoms in total. The van der Waals surface area contributed by atoms with Gasteiger partial charge in [0.15, 0.2) is 5.60 Å². The fourth-order valence-electron chi connectivity index (χ4n) is 2.47. The van der Waals surface area contributed by atoms with E-state index in [2.05, 4.69) is 5.16 Å². The third kappa shape index (κ3) is 0.829. The third-order valence-electron chi connectivity index (χ3n) is 3.22. The topological polar surface area (TPSA) is 41.8 Å². The maximum atomic E-state index is 9.63. The molecule has 3 heteroatoms. The Labute approximate surface area is 72.4 Å². The van der Waals surface area contributed by atoms with Gasteiger partial charge in [0.25, 0.3) is 0 Å². The molecule has 1 aliphatic heterocycles. The fraction of sp³-hybridized carbons (Fsp3) is 0.889. The molecule has 3 unspecified atom stereocenters. The lowest BCUT2D eigenvalue weighted by Gasteiger charge is -2.29. The number of fused-ring (bicyclic) bond motifs is 1. The second kappa shape index (κ2) is 2.46. The standard InChI is InChI=1S/C9H15NO2/c1-6-8-4-3-5-9(8,7(2)11)12-10-6/h7-8,11H,3-5H2,1-2H3. The first kappa shape index (κ1) is 8.05. The minimum absolute atomic E-state index is 0.359. The number of oxime groups is 1. The van der Waals surface area contributed by atoms with Crippen molar-refractivity contribution in [3.05, 3.63) is 0 Å². The Kier molecular flexibility index (Phi) is 1.65. The van der Waals surface area contributed by atoms with Gasteiger partial charge in [0.1, 0.15) is 0 Å². The second-order valence-electron chi connectivity index (χ2n) is 3.90. The van der Waals surface area contributed by atoms with E-state index >= 15 is 0 Å². The Morgan fingerprint density at radius 1 is 1.75 bits per heavy atom. The van der Waals surface area contributed by atoms with E-state index in [1.807, 2.05) is 6.92 Å². The summed E-state index contributed by atoms with van der Waals surface area (Å²) < 4.78 is 0. The Morgan fingerprint density at radius 2 is 2.50 bits per heavy atom. The molecule has 1 N–H and O–H groups in total. The summed E-state index contributed by atoms with van der Waals surface area (Å²) in [5.74, 6) is 0.359. The van der Waals surface area contributed by atoms with E-state index in [4.69, 9.17) is 4.84 Å². The van der Waals surface area contributed by atoms with Crippen molar-refractivity contribution < 1.29 is 9.94 Å². The average Bonchev–Trinajstić information content (AvgIpc) is 2.53. The predicted molar refractivity (Wildman–Crippen MR) is 45.9 cm³/mol. The van der Waals surface area contributed by atoms with Crippen molar-refractivity contribution in [3.8, 4) is 0 Å². The van der Waals surface area contributed by atoms with Gasteiger partial charge in [-0.25, -0.2) is 0 Å². The van der Waals surface area contributed by atoms with E-state index in [-0.39, 0.29) is 5.60 Å². The lowest BCUT2D eigenvalue weighted by Crippen LogP contribution is -2.44. The van der Waals surface area contributed by atoms with Crippen molar-refractivity contribution >= 4 is 5.71 Å². The van der Waals surface area contributed by atoms with Crippen LogP contribution < -0.4 is 0 Å². The third-order valence-corrected chi connectivity index (χ3v) is 3.22. The summed E-state index contributed by atoms with van der Waals surface area (Å²) in [6, 6.07) is 0. The highest BCUT2D eigenvalue weighted by molar-refractivity contribution is 5.86. The minimum Gasteiger partial charge on any atom is -0.389 e. The van der Waals surface area contributed by atoms with Gasteiger partial charge < -0.3 is 9.94 Å². The van der Waals surface area contributed by atoms with Gasteiger partial charge in [-0.05, 0) is 33.1 Å². The van der Waals surface area contributed by atoms with Gasteiger partial charge >= 0.3 is 0 Å². The van der Waals surface area contributed by atoms with Crippen molar-refractivity contribution in [3.63, 3.8) is 0 Å². The lowest BCUT2D eigenvalue weighted by atomic mass is 9.84. The quantitative estimate of drug-likeness (QED) is 0.643. The summed E-state index contributed by atoms with van der Waals surface area (Å²) in [5, 5.41) is 13.6. The number of aliphatic hydroxyl groups is 1. The van der Waals surface area contributed by atoms with E-state index in [0.29, 0.717) is 5.92 Å². The SMILES string of the molecule is CC1=NOC2(C(C)O)CCCC12. The summed E-state index contributed by atoms with van der Waals surface area (Å²) in [6.45, 7) is 3.78. The maximum Gasteiger partial charge on any atom is 0.171 e. The van der Waals surface area contributed by atoms with Gasteiger partial charge in [-0.2, -0.15) is 0 Å². The van der Waals surface area contributed by atoms with Crippen LogP contribution >= 0.6 is 0 Å². The van der Waals surface area contributed by atoms with Gasteiger partial charge in [-0.1, -0.05) is 5.16 Å². The fourth-order valence-corrected chi connectivity index (χ4v) is 2.47. The Morgan fingerprint density at radius 3 is 3.08 bits per heavy atom. The molecular weight excluding hydrogens is 154 g/mol. The molecule has 1 saturated carbocycles. The highest BCUT2D eigenvalue weighted by Gasteiger charge is 2.53. The van der Waals surface area contributed by atoms with Gasteiger partial charge in [-0.3, -0.25) is 0 Å². The lowest BCUT2D eigenvalue weighted by molar-refractivity contribution is -0.109. The summed E-state index contributed by atoms with van der Waals surface area (Å²) in [4.78, 5) is 5.38. The maximum absolute atomic E-state index is 9.63. The molecule has 0 saturated heterocycles. The zero-order valence-corrected chi connectivity index (χ0v) is 7.58. The molecule has 2 aliphatic rings. The molecule has 3 atom stereocenters. The second-order valence-corrected chi connectivity index (χ2v) is 3.90. The summed E-state index contributed by atoms with van der Waals surface area (Å²) >= 11 is 0. The molecule has 12 heavy (non-hydrogen) atoms. The number of hydrogen-bond acceptors (Lipinski definition) is 3. The zero-order chi connectivity index (χ0) is 8.77. The van der Waals surface area contributed by atoms with Crippen molar-refractivity contribution in [2.24, 2.45) is 11.1 Å². The van der Waals surface area contributed by atoms with E-state index in [0.717, 1.165) is 25.0 Å². The van der Waals surface area contributed by atoms with Crippen LogP contribution in [-0.2, 0) is 4.84 Å². The summed E-state index contributed by atoms with van der Waals surface area (Å²) in [6.07, 6.45) is 2.78. The van der Waals surface area contributed by atoms with Crippen LogP contribution in [0.25, 0.3) is 0 Å². The Balaban J connectivity index is 2.27. The van der Waals surface area contributed by atoms with Crippen molar-refractivity contribution in [2.75, 3.05) is 0 Å². The van der Waals surface area contributed by atoms with Crippen LogP contribution in [0.2, 0.25) is 0 Å². The highest BCUT2D eigenvalue weighted by atomic mass is 16.7. The number of rotatable bonds is 1. The van der Waals surface area contributed by atoms with Crippen LogP contribution in [0.5, 0.6) is 0 Å². The monoisotopic (exact) mass is 169 g/mol. The first-order valence-corrected chi connectivity index (χ1v) is 4.57. The van der Waals surface area contributed by atoms with Crippen molar-refractivity contribution in [2.45, 2.75) is 44.8 Å². The minimum atomic E-state index is -0.411. The molecule has 0 amide bonds. The van der Waals surface area contributed by atoms with Gasteiger partial charge in [-0.15, -0.1) is 0 Å². The van der Waals surface area contributed by atoms with Crippen molar-refractivity contribution in [1.29, 1.82) is 0 Å².